The third-order valence-corrected chi connectivity index (χ3v) is 13.9. The van der Waals surface area contributed by atoms with Gasteiger partial charge in [0, 0.05) is 11.6 Å². The largest absolute Gasteiger partial charge is 0.481 e. The summed E-state index contributed by atoms with van der Waals surface area (Å²) < 4.78 is 0. The maximum atomic E-state index is 12.7. The minimum Gasteiger partial charge on any atom is -0.481 e. The van der Waals surface area contributed by atoms with E-state index in [1.165, 1.54) is 23.4 Å². The Kier molecular flexibility index (Phi) is 5.63. The van der Waals surface area contributed by atoms with Crippen LogP contribution in [0, 0.1) is 65.6 Å². The summed E-state index contributed by atoms with van der Waals surface area (Å²) in [6.45, 7) is 19.5. The maximum Gasteiger partial charge on any atom is 0.310 e. The summed E-state index contributed by atoms with van der Waals surface area (Å²) in [7, 11) is 0. The first-order valence-electron chi connectivity index (χ1n) is 15.2. The predicted octanol–water partition coefficient (Wildman–Crippen LogP) is 7.85. The number of rotatable bonds is 1. The molecule has 5 aliphatic rings. The molecule has 6 rings (SSSR count). The lowest BCUT2D eigenvalue weighted by Gasteiger charge is -2.71. The molecule has 0 radical (unpaired) electrons. The van der Waals surface area contributed by atoms with E-state index in [9.17, 15) is 9.90 Å². The number of fused-ring (bicyclic) bond motifs is 8. The summed E-state index contributed by atoms with van der Waals surface area (Å²) in [4.78, 5) is 22.6. The van der Waals surface area contributed by atoms with Crippen LogP contribution in [0.25, 0.3) is 0 Å². The van der Waals surface area contributed by atoms with E-state index in [2.05, 4.69) is 54.5 Å². The number of aromatic nitrogens is 2. The highest BCUT2D eigenvalue weighted by Crippen LogP contribution is 2.75. The molecule has 0 saturated heterocycles. The van der Waals surface area contributed by atoms with Gasteiger partial charge in [-0.15, -0.1) is 0 Å². The first-order chi connectivity index (χ1) is 17.4. The lowest BCUT2D eigenvalue weighted by Crippen LogP contribution is -2.65. The summed E-state index contributed by atoms with van der Waals surface area (Å²) in [6.07, 6.45) is 9.81. The van der Waals surface area contributed by atoms with Crippen LogP contribution in [0.1, 0.15) is 121 Å². The van der Waals surface area contributed by atoms with Crippen molar-refractivity contribution in [2.45, 2.75) is 112 Å². The van der Waals surface area contributed by atoms with Gasteiger partial charge in [-0.2, -0.15) is 0 Å². The molecule has 11 unspecified atom stereocenters. The number of carboxylic acid groups (broad SMARTS) is 1. The Labute approximate surface area is 224 Å². The second-order valence-corrected chi connectivity index (χ2v) is 14.3. The summed E-state index contributed by atoms with van der Waals surface area (Å²) in [5.41, 5.74) is 5.20. The lowest BCUT2D eigenvalue weighted by molar-refractivity contribution is -0.187. The first-order valence-corrected chi connectivity index (χ1v) is 15.2. The molecule has 0 amide bonds. The van der Waals surface area contributed by atoms with Crippen LogP contribution in [0.2, 0.25) is 0 Å². The van der Waals surface area contributed by atoms with Crippen molar-refractivity contribution in [2.75, 3.05) is 0 Å². The van der Waals surface area contributed by atoms with E-state index in [0.717, 1.165) is 44.3 Å². The monoisotopic (exact) mass is 504 g/mol. The normalized spacial score (nSPS) is 48.5. The fourth-order valence-electron chi connectivity index (χ4n) is 11.6. The molecular weight excluding hydrogens is 456 g/mol. The Morgan fingerprint density at radius 2 is 1.70 bits per heavy atom. The van der Waals surface area contributed by atoms with Gasteiger partial charge in [0.2, 0.25) is 0 Å². The van der Waals surface area contributed by atoms with Gasteiger partial charge in [0.15, 0.2) is 0 Å². The van der Waals surface area contributed by atoms with Crippen LogP contribution in [0.3, 0.4) is 0 Å². The molecule has 3 fully saturated rings. The number of allylic oxidation sites excluding steroid dienone is 2. The van der Waals surface area contributed by atoms with Crippen LogP contribution < -0.4 is 0 Å². The molecular formula is C33H48N2O2. The average Bonchev–Trinajstić information content (AvgIpc) is 2.87. The predicted molar refractivity (Wildman–Crippen MR) is 147 cm³/mol. The zero-order valence-corrected chi connectivity index (χ0v) is 24.4. The summed E-state index contributed by atoms with van der Waals surface area (Å²) in [6, 6.07) is 0. The lowest BCUT2D eigenvalue weighted by atomic mass is 9.33. The zero-order valence-electron chi connectivity index (χ0n) is 24.4. The quantitative estimate of drug-likeness (QED) is 0.396. The number of carboxylic acids is 1. The molecule has 1 heterocycles. The van der Waals surface area contributed by atoms with Gasteiger partial charge in [-0.3, -0.25) is 4.79 Å². The van der Waals surface area contributed by atoms with Crippen molar-refractivity contribution in [3.63, 3.8) is 0 Å². The van der Waals surface area contributed by atoms with Gasteiger partial charge in [-0.1, -0.05) is 66.0 Å². The van der Waals surface area contributed by atoms with E-state index >= 15 is 0 Å². The summed E-state index contributed by atoms with van der Waals surface area (Å²) in [5, 5.41) is 10.4. The van der Waals surface area contributed by atoms with Crippen LogP contribution in [-0.4, -0.2) is 21.0 Å². The van der Waals surface area contributed by atoms with Gasteiger partial charge in [0.25, 0.3) is 0 Å². The molecule has 0 aromatic carbocycles. The SMILES string of the molecule is Cc1nc(C)c2c(n1)C(C)C1(C)C(C)C(C)C3C4CCC5(C(=O)O)CCCCC5C4=CCC3C1(C)C2C. The molecule has 1 N–H and O–H groups in total. The molecule has 37 heavy (non-hydrogen) atoms. The maximum absolute atomic E-state index is 12.7. The molecule has 4 heteroatoms. The van der Waals surface area contributed by atoms with Crippen LogP contribution in [0.15, 0.2) is 11.6 Å². The molecule has 0 spiro atoms. The van der Waals surface area contributed by atoms with Crippen molar-refractivity contribution in [3.05, 3.63) is 34.4 Å². The number of aryl methyl sites for hydroxylation is 2. The van der Waals surface area contributed by atoms with Gasteiger partial charge < -0.3 is 5.11 Å². The summed E-state index contributed by atoms with van der Waals surface area (Å²) >= 11 is 0. The second-order valence-electron chi connectivity index (χ2n) is 14.3. The van der Waals surface area contributed by atoms with E-state index in [1.54, 1.807) is 5.57 Å². The Balaban J connectivity index is 1.50. The van der Waals surface area contributed by atoms with Gasteiger partial charge in [0.05, 0.1) is 11.1 Å². The number of hydrogen-bond acceptors (Lipinski definition) is 3. The molecule has 202 valence electrons. The molecule has 4 nitrogen and oxygen atoms in total. The number of hydrogen-bond donors (Lipinski definition) is 1. The third kappa shape index (κ3) is 2.94. The fraction of sp³-hybridized carbons (Fsp3) is 0.788. The standard InChI is InChI=1S/C33H48N2O2/c1-17-18(2)31(7)20(4)29-28(21(5)34-22(6)35-29)19(3)32(31,8)26-13-12-23-24(27(17)26)14-16-33(30(36)37)15-10-9-11-25(23)33/h12,17-20,24-27H,9-11,13-16H2,1-8H3,(H,36,37). The first kappa shape index (κ1) is 25.6. The van der Waals surface area contributed by atoms with E-state index < -0.39 is 11.4 Å². The molecule has 3 saturated carbocycles. The van der Waals surface area contributed by atoms with Crippen molar-refractivity contribution >= 4 is 5.97 Å². The van der Waals surface area contributed by atoms with Crippen molar-refractivity contribution < 1.29 is 9.90 Å². The molecule has 1 aromatic rings. The van der Waals surface area contributed by atoms with Crippen molar-refractivity contribution in [1.82, 2.24) is 9.97 Å². The van der Waals surface area contributed by atoms with E-state index in [1.807, 2.05) is 6.92 Å². The van der Waals surface area contributed by atoms with E-state index in [-0.39, 0.29) is 16.7 Å². The Morgan fingerprint density at radius 3 is 2.41 bits per heavy atom. The minimum absolute atomic E-state index is 0.134. The number of aliphatic carboxylic acids is 1. The zero-order chi connectivity index (χ0) is 26.7. The van der Waals surface area contributed by atoms with Gasteiger partial charge in [0.1, 0.15) is 5.82 Å². The van der Waals surface area contributed by atoms with Crippen LogP contribution >= 0.6 is 0 Å². The Hall–Kier alpha value is -1.71. The highest BCUT2D eigenvalue weighted by atomic mass is 16.4. The minimum atomic E-state index is -0.527. The Morgan fingerprint density at radius 1 is 0.973 bits per heavy atom. The molecule has 0 bridgehead atoms. The molecule has 5 aliphatic carbocycles. The molecule has 1 aromatic heterocycles. The topological polar surface area (TPSA) is 63.1 Å². The second kappa shape index (κ2) is 8.15. The third-order valence-electron chi connectivity index (χ3n) is 13.9. The van der Waals surface area contributed by atoms with Crippen LogP contribution in [0.4, 0.5) is 0 Å². The highest BCUT2D eigenvalue weighted by Gasteiger charge is 2.69. The number of carbonyl (C=O) groups is 1. The van der Waals surface area contributed by atoms with E-state index in [0.29, 0.717) is 41.4 Å². The van der Waals surface area contributed by atoms with Crippen LogP contribution in [0.5, 0.6) is 0 Å². The smallest absolute Gasteiger partial charge is 0.310 e. The Bertz CT molecular complexity index is 1170. The van der Waals surface area contributed by atoms with Gasteiger partial charge in [-0.05, 0) is 104 Å². The molecule has 0 aliphatic heterocycles. The van der Waals surface area contributed by atoms with Crippen molar-refractivity contribution in [3.8, 4) is 0 Å². The van der Waals surface area contributed by atoms with Gasteiger partial charge in [-0.25, -0.2) is 9.97 Å². The van der Waals surface area contributed by atoms with Crippen molar-refractivity contribution in [2.24, 2.45) is 51.8 Å². The average molecular weight is 505 g/mol. The molecule has 11 atom stereocenters. The van der Waals surface area contributed by atoms with Gasteiger partial charge >= 0.3 is 5.97 Å². The fourth-order valence-corrected chi connectivity index (χ4v) is 11.6. The van der Waals surface area contributed by atoms with E-state index in [4.69, 9.17) is 9.97 Å². The number of nitrogens with zero attached hydrogens (tertiary/aromatic N) is 2. The van der Waals surface area contributed by atoms with Crippen LogP contribution in [-0.2, 0) is 4.79 Å². The summed E-state index contributed by atoms with van der Waals surface area (Å²) in [5.74, 6) is 4.37. The highest BCUT2D eigenvalue weighted by molar-refractivity contribution is 5.76. The van der Waals surface area contributed by atoms with Crippen molar-refractivity contribution in [1.29, 1.82) is 0 Å².